The molecule has 3 atom stereocenters. The maximum Gasteiger partial charge on any atom is 0.264 e. The lowest BCUT2D eigenvalue weighted by Crippen LogP contribution is -2.53. The van der Waals surface area contributed by atoms with Gasteiger partial charge < -0.3 is 14.6 Å². The van der Waals surface area contributed by atoms with E-state index in [1.165, 1.54) is 0 Å². The molecular formula is C39H54N4O5S. The summed E-state index contributed by atoms with van der Waals surface area (Å²) < 4.78 is 42.8. The first-order valence-corrected chi connectivity index (χ1v) is 19.4. The Morgan fingerprint density at radius 3 is 2.41 bits per heavy atom. The predicted octanol–water partition coefficient (Wildman–Crippen LogP) is 7.79. The van der Waals surface area contributed by atoms with Crippen molar-refractivity contribution in [2.45, 2.75) is 109 Å². The van der Waals surface area contributed by atoms with Crippen molar-refractivity contribution in [3.05, 3.63) is 65.7 Å². The molecule has 1 spiro atoms. The third-order valence-corrected chi connectivity index (χ3v) is 11.9. The lowest BCUT2D eigenvalue weighted by atomic mass is 9.52. The molecule has 0 radical (unpaired) electrons. The van der Waals surface area contributed by atoms with Crippen molar-refractivity contribution < 1.29 is 23.0 Å². The first-order chi connectivity index (χ1) is 23.1. The Morgan fingerprint density at radius 1 is 1.02 bits per heavy atom. The summed E-state index contributed by atoms with van der Waals surface area (Å²) in [6.07, 6.45) is 4.20. The highest BCUT2D eigenvalue weighted by Crippen LogP contribution is 2.59. The fourth-order valence-electron chi connectivity index (χ4n) is 8.35. The molecule has 3 aromatic rings. The molecule has 2 aromatic carbocycles. The van der Waals surface area contributed by atoms with Crippen molar-refractivity contribution in [1.29, 1.82) is 0 Å². The number of aliphatic hydroxyl groups excluding tert-OH is 1. The van der Waals surface area contributed by atoms with Gasteiger partial charge in [0.05, 0.1) is 22.8 Å². The quantitative estimate of drug-likeness (QED) is 0.242. The van der Waals surface area contributed by atoms with Crippen LogP contribution in [0.2, 0.25) is 0 Å². The molecule has 4 bridgehead atoms. The second kappa shape index (κ2) is 13.9. The topological polar surface area (TPSA) is 114 Å². The number of rotatable bonds is 7. The number of nitrogens with one attached hydrogen (secondary N) is 1. The van der Waals surface area contributed by atoms with E-state index in [0.717, 1.165) is 61.9 Å². The number of anilines is 1. The van der Waals surface area contributed by atoms with Crippen molar-refractivity contribution in [1.82, 2.24) is 14.9 Å². The normalized spacial score (nSPS) is 23.2. The van der Waals surface area contributed by atoms with E-state index in [-0.39, 0.29) is 34.0 Å². The van der Waals surface area contributed by atoms with Gasteiger partial charge in [-0.2, -0.15) is 4.98 Å². The van der Waals surface area contributed by atoms with Gasteiger partial charge in [-0.05, 0) is 105 Å². The molecule has 1 aromatic heterocycles. The standard InChI is InChI=1S/C39H54N4O5S/c1-25(2)19-28-24-47-34-21-33(32-14-9-8-13-31(32)26(3)4)40-36(41-34)42-49(45,46)30-12-10-11-27(20-30)35(28)29-22-39(23-29)15-17-43(18-16-39)37(44)48-38(5,6)7/h8-14,20-21,25-26,28-29,35,37,44H,15-19,22-24H2,1-7H3,(H,40,41,42)/t28-,35?,37?/m1/s1. The van der Waals surface area contributed by atoms with E-state index in [1.54, 1.807) is 6.07 Å². The van der Waals surface area contributed by atoms with Crippen LogP contribution in [0.1, 0.15) is 104 Å². The highest BCUT2D eigenvalue weighted by molar-refractivity contribution is 7.92. The van der Waals surface area contributed by atoms with E-state index < -0.39 is 22.0 Å². The van der Waals surface area contributed by atoms with Crippen LogP contribution >= 0.6 is 0 Å². The Bertz CT molecular complexity index is 1720. The monoisotopic (exact) mass is 690 g/mol. The zero-order valence-corrected chi connectivity index (χ0v) is 31.0. The van der Waals surface area contributed by atoms with Crippen molar-refractivity contribution >= 4 is 16.0 Å². The van der Waals surface area contributed by atoms with Gasteiger partial charge in [0.25, 0.3) is 10.0 Å². The van der Waals surface area contributed by atoms with Crippen molar-refractivity contribution in [3.8, 4) is 17.1 Å². The lowest BCUT2D eigenvalue weighted by Gasteiger charge is -2.56. The zero-order chi connectivity index (χ0) is 35.1. The van der Waals surface area contributed by atoms with Gasteiger partial charge in [-0.15, -0.1) is 0 Å². The number of nitrogens with zero attached hydrogens (tertiary/aromatic N) is 3. The number of aromatic nitrogens is 2. The molecule has 2 aliphatic heterocycles. The molecular weight excluding hydrogens is 637 g/mol. The lowest BCUT2D eigenvalue weighted by molar-refractivity contribution is -0.249. The van der Waals surface area contributed by atoms with Gasteiger partial charge in [0.2, 0.25) is 18.2 Å². The predicted molar refractivity (Wildman–Crippen MR) is 193 cm³/mol. The number of hydrogen-bond acceptors (Lipinski definition) is 8. The fraction of sp³-hybridized carbons (Fsp3) is 0.590. The van der Waals surface area contributed by atoms with Crippen molar-refractivity contribution in [2.75, 3.05) is 24.4 Å². The Morgan fingerprint density at radius 2 is 1.73 bits per heavy atom. The second-order valence-electron chi connectivity index (χ2n) is 16.3. The molecule has 3 aliphatic rings. The first kappa shape index (κ1) is 35.8. The molecule has 1 saturated carbocycles. The van der Waals surface area contributed by atoms with Crippen LogP contribution in [0.4, 0.5) is 5.95 Å². The minimum absolute atomic E-state index is 0.000657. The summed E-state index contributed by atoms with van der Waals surface area (Å²) in [5.74, 6) is 1.70. The summed E-state index contributed by atoms with van der Waals surface area (Å²) in [7, 11) is -3.98. The first-order valence-electron chi connectivity index (χ1n) is 18.0. The van der Waals surface area contributed by atoms with E-state index in [0.29, 0.717) is 30.0 Å². The Labute approximate surface area is 292 Å². The molecule has 0 amide bonds. The molecule has 10 heteroatoms. The van der Waals surface area contributed by atoms with Gasteiger partial charge in [0, 0.05) is 30.6 Å². The Hall–Kier alpha value is -3.05. The van der Waals surface area contributed by atoms with Gasteiger partial charge in [0.1, 0.15) is 0 Å². The summed E-state index contributed by atoms with van der Waals surface area (Å²) in [6.45, 7) is 16.7. The Balaban J connectivity index is 1.31. The average molecular weight is 691 g/mol. The number of piperidine rings is 1. The zero-order valence-electron chi connectivity index (χ0n) is 30.1. The van der Waals surface area contributed by atoms with Gasteiger partial charge in [-0.25, -0.2) is 18.1 Å². The molecule has 266 valence electrons. The third kappa shape index (κ3) is 8.14. The van der Waals surface area contributed by atoms with Crippen molar-refractivity contribution in [2.24, 2.45) is 23.2 Å². The molecule has 1 saturated heterocycles. The van der Waals surface area contributed by atoms with Crippen LogP contribution in [-0.2, 0) is 14.8 Å². The van der Waals surface area contributed by atoms with Crippen LogP contribution < -0.4 is 9.46 Å². The number of ether oxygens (including phenoxy) is 2. The van der Waals surface area contributed by atoms with Gasteiger partial charge >= 0.3 is 0 Å². The van der Waals surface area contributed by atoms with E-state index >= 15 is 0 Å². The number of benzene rings is 2. The smallest absolute Gasteiger partial charge is 0.264 e. The number of aliphatic hydroxyl groups is 1. The van der Waals surface area contributed by atoms with Crippen LogP contribution in [0.5, 0.6) is 5.88 Å². The molecule has 3 heterocycles. The summed E-state index contributed by atoms with van der Waals surface area (Å²) in [6, 6.07) is 17.4. The van der Waals surface area contributed by atoms with Crippen LogP contribution in [0.25, 0.3) is 11.3 Å². The Kier molecular flexibility index (Phi) is 10.2. The van der Waals surface area contributed by atoms with Crippen LogP contribution in [0.3, 0.4) is 0 Å². The average Bonchev–Trinajstić information content (AvgIpc) is 3.01. The highest BCUT2D eigenvalue weighted by Gasteiger charge is 2.50. The second-order valence-corrected chi connectivity index (χ2v) is 18.0. The van der Waals surface area contributed by atoms with Crippen LogP contribution in [-0.4, -0.2) is 60.1 Å². The molecule has 49 heavy (non-hydrogen) atoms. The molecule has 1 aliphatic carbocycles. The van der Waals surface area contributed by atoms with Gasteiger partial charge in [-0.1, -0.05) is 64.1 Å². The minimum Gasteiger partial charge on any atom is -0.477 e. The third-order valence-electron chi connectivity index (χ3n) is 10.6. The van der Waals surface area contributed by atoms with E-state index in [9.17, 15) is 13.5 Å². The van der Waals surface area contributed by atoms with E-state index in [4.69, 9.17) is 9.47 Å². The van der Waals surface area contributed by atoms with Crippen LogP contribution in [0, 0.1) is 23.2 Å². The largest absolute Gasteiger partial charge is 0.477 e. The minimum atomic E-state index is -3.98. The van der Waals surface area contributed by atoms with Crippen LogP contribution in [0.15, 0.2) is 59.5 Å². The molecule has 6 rings (SSSR count). The number of sulfonamides is 1. The number of fused-ring (bicyclic) bond motifs is 4. The summed E-state index contributed by atoms with van der Waals surface area (Å²) in [5.41, 5.74) is 3.52. The maximum atomic E-state index is 13.9. The summed E-state index contributed by atoms with van der Waals surface area (Å²) in [4.78, 5) is 11.5. The number of hydrogen-bond donors (Lipinski definition) is 2. The van der Waals surface area contributed by atoms with Gasteiger partial charge in [0.15, 0.2) is 0 Å². The number of likely N-dealkylation sites (tertiary alicyclic amines) is 1. The summed E-state index contributed by atoms with van der Waals surface area (Å²) >= 11 is 0. The maximum absolute atomic E-state index is 13.9. The SMILES string of the molecule is CC(C)C[C@@H]1COc2cc(-c3ccccc3C(C)C)nc(n2)NS(=O)(=O)c2cccc(c2)C1C1CC2(CCN(C(O)OC(C)(C)C)CC2)C1. The van der Waals surface area contributed by atoms with E-state index in [1.807, 2.05) is 62.1 Å². The highest BCUT2D eigenvalue weighted by atomic mass is 32.2. The van der Waals surface area contributed by atoms with Crippen molar-refractivity contribution in [3.63, 3.8) is 0 Å². The summed E-state index contributed by atoms with van der Waals surface area (Å²) in [5, 5.41) is 10.7. The molecule has 9 nitrogen and oxygen atoms in total. The van der Waals surface area contributed by atoms with E-state index in [2.05, 4.69) is 54.5 Å². The molecule has 2 unspecified atom stereocenters. The molecule has 2 N–H and O–H groups in total. The molecule has 2 fully saturated rings. The fourth-order valence-corrected chi connectivity index (χ4v) is 9.35. The van der Waals surface area contributed by atoms with Gasteiger partial charge in [-0.3, -0.25) is 4.90 Å².